The lowest BCUT2D eigenvalue weighted by atomic mass is 10.2. The summed E-state index contributed by atoms with van der Waals surface area (Å²) in [4.78, 5) is 16.0. The molecule has 30 heavy (non-hydrogen) atoms. The molecule has 1 unspecified atom stereocenters. The summed E-state index contributed by atoms with van der Waals surface area (Å²) in [6, 6.07) is 3.81. The molecule has 1 aliphatic heterocycles. The predicted octanol–water partition coefficient (Wildman–Crippen LogP) is 4.60. The minimum Gasteiger partial charge on any atom is -0.392 e. The van der Waals surface area contributed by atoms with Gasteiger partial charge in [0.1, 0.15) is 11.3 Å². The molecule has 0 radical (unpaired) electrons. The van der Waals surface area contributed by atoms with Gasteiger partial charge in [0.05, 0.1) is 22.7 Å². The number of hydrogen-bond acceptors (Lipinski definition) is 5. The number of aromatic amines is 1. The number of aromatic nitrogens is 3. The van der Waals surface area contributed by atoms with Gasteiger partial charge in [0.15, 0.2) is 0 Å². The van der Waals surface area contributed by atoms with Gasteiger partial charge in [-0.15, -0.1) is 0 Å². The smallest absolute Gasteiger partial charge is 0.392 e. The van der Waals surface area contributed by atoms with Gasteiger partial charge in [0, 0.05) is 36.3 Å². The van der Waals surface area contributed by atoms with Crippen LogP contribution in [-0.4, -0.2) is 45.7 Å². The van der Waals surface area contributed by atoms with E-state index in [1.54, 1.807) is 12.3 Å². The quantitative estimate of drug-likeness (QED) is 0.546. The summed E-state index contributed by atoms with van der Waals surface area (Å²) < 4.78 is 39.6. The van der Waals surface area contributed by atoms with Crippen LogP contribution in [0.4, 0.5) is 24.9 Å². The van der Waals surface area contributed by atoms with Crippen LogP contribution in [-0.2, 0) is 12.8 Å². The first-order valence-corrected chi connectivity index (χ1v) is 10.4. The third kappa shape index (κ3) is 3.95. The van der Waals surface area contributed by atoms with E-state index in [0.717, 1.165) is 12.1 Å². The van der Waals surface area contributed by atoms with Crippen LogP contribution in [0.3, 0.4) is 0 Å². The van der Waals surface area contributed by atoms with Crippen LogP contribution in [0, 0.1) is 0 Å². The average Bonchev–Trinajstić information content (AvgIpc) is 3.11. The fraction of sp³-hybridized carbons (Fsp3) is 0.368. The fourth-order valence-corrected chi connectivity index (χ4v) is 4.47. The molecule has 0 saturated carbocycles. The van der Waals surface area contributed by atoms with Crippen LogP contribution in [0.15, 0.2) is 28.9 Å². The molecule has 1 fully saturated rings. The summed E-state index contributed by atoms with van der Waals surface area (Å²) in [6.45, 7) is 3.68. The first kappa shape index (κ1) is 21.2. The Kier molecular flexibility index (Phi) is 5.58. The number of fused-ring (bicyclic) bond motifs is 1. The van der Waals surface area contributed by atoms with E-state index < -0.39 is 11.7 Å². The first-order valence-electron chi connectivity index (χ1n) is 9.20. The first-order chi connectivity index (χ1) is 14.2. The molecule has 4 rings (SSSR count). The van der Waals surface area contributed by atoms with Gasteiger partial charge in [-0.2, -0.15) is 13.2 Å². The van der Waals surface area contributed by atoms with Crippen molar-refractivity contribution in [2.75, 3.05) is 29.4 Å². The number of hydrogen-bond donors (Lipinski definition) is 2. The van der Waals surface area contributed by atoms with Crippen molar-refractivity contribution in [1.29, 1.82) is 0 Å². The molecule has 0 amide bonds. The Hall–Kier alpha value is -2.04. The molecule has 2 aromatic heterocycles. The summed E-state index contributed by atoms with van der Waals surface area (Å²) >= 11 is 9.52. The van der Waals surface area contributed by atoms with Crippen molar-refractivity contribution in [2.45, 2.75) is 25.7 Å². The molecular formula is C19H18BrClF3N5O. The lowest BCUT2D eigenvalue weighted by Gasteiger charge is -2.40. The third-order valence-corrected chi connectivity index (χ3v) is 6.00. The summed E-state index contributed by atoms with van der Waals surface area (Å²) in [5.74, 6) is 1.16. The van der Waals surface area contributed by atoms with Gasteiger partial charge in [0.25, 0.3) is 0 Å². The maximum Gasteiger partial charge on any atom is 0.416 e. The van der Waals surface area contributed by atoms with Crippen molar-refractivity contribution in [3.05, 3.63) is 45.0 Å². The second-order valence-corrected chi connectivity index (χ2v) is 8.47. The average molecular weight is 505 g/mol. The number of nitrogens with zero attached hydrogens (tertiary/aromatic N) is 4. The number of aliphatic hydroxyl groups is 1. The number of piperazine rings is 1. The number of aliphatic hydroxyl groups excluding tert-OH is 1. The largest absolute Gasteiger partial charge is 0.416 e. The van der Waals surface area contributed by atoms with E-state index in [-0.39, 0.29) is 12.6 Å². The molecule has 2 N–H and O–H groups in total. The number of pyridine rings is 1. The highest BCUT2D eigenvalue weighted by atomic mass is 79.9. The van der Waals surface area contributed by atoms with Gasteiger partial charge in [-0.3, -0.25) is 0 Å². The zero-order chi connectivity index (χ0) is 21.6. The summed E-state index contributed by atoms with van der Waals surface area (Å²) in [5, 5.41) is 9.68. The molecule has 6 nitrogen and oxygen atoms in total. The van der Waals surface area contributed by atoms with Crippen molar-refractivity contribution in [3.63, 3.8) is 0 Å². The molecular weight excluding hydrogens is 487 g/mol. The van der Waals surface area contributed by atoms with Crippen molar-refractivity contribution in [3.8, 4) is 0 Å². The molecule has 1 atom stereocenters. The lowest BCUT2D eigenvalue weighted by molar-refractivity contribution is -0.137. The Labute approximate surface area is 183 Å². The van der Waals surface area contributed by atoms with Crippen LogP contribution in [0.5, 0.6) is 0 Å². The highest BCUT2D eigenvalue weighted by Gasteiger charge is 2.32. The van der Waals surface area contributed by atoms with Gasteiger partial charge < -0.3 is 19.9 Å². The Bertz CT molecular complexity index is 1090. The van der Waals surface area contributed by atoms with Crippen LogP contribution in [0.2, 0.25) is 5.02 Å². The van der Waals surface area contributed by atoms with Crippen LogP contribution in [0.1, 0.15) is 18.1 Å². The molecule has 3 aromatic rings. The minimum absolute atomic E-state index is 0.00978. The van der Waals surface area contributed by atoms with Crippen molar-refractivity contribution in [1.82, 2.24) is 15.0 Å². The second kappa shape index (κ2) is 7.90. The third-order valence-electron chi connectivity index (χ3n) is 5.11. The number of alkyl halides is 3. The molecule has 0 spiro atoms. The van der Waals surface area contributed by atoms with Crippen molar-refractivity contribution in [2.24, 2.45) is 0 Å². The summed E-state index contributed by atoms with van der Waals surface area (Å²) in [7, 11) is 0. The van der Waals surface area contributed by atoms with Gasteiger partial charge in [-0.25, -0.2) is 9.97 Å². The fourth-order valence-electron chi connectivity index (χ4n) is 3.62. The van der Waals surface area contributed by atoms with Gasteiger partial charge >= 0.3 is 6.18 Å². The van der Waals surface area contributed by atoms with E-state index >= 15 is 0 Å². The van der Waals surface area contributed by atoms with E-state index in [9.17, 15) is 18.3 Å². The van der Waals surface area contributed by atoms with Crippen LogP contribution >= 0.6 is 27.5 Å². The Morgan fingerprint density at radius 1 is 1.30 bits per heavy atom. The molecule has 1 saturated heterocycles. The normalized spacial score (nSPS) is 17.8. The zero-order valence-electron chi connectivity index (χ0n) is 15.8. The maximum absolute atomic E-state index is 13.1. The summed E-state index contributed by atoms with van der Waals surface area (Å²) in [5.41, 5.74) is 0.686. The van der Waals surface area contributed by atoms with E-state index in [2.05, 4.69) is 30.9 Å². The minimum atomic E-state index is -4.43. The molecule has 0 bridgehead atoms. The predicted molar refractivity (Wildman–Crippen MR) is 113 cm³/mol. The highest BCUT2D eigenvalue weighted by molar-refractivity contribution is 9.10. The van der Waals surface area contributed by atoms with Gasteiger partial charge in [-0.05, 0) is 46.6 Å². The molecule has 11 heteroatoms. The SMILES string of the molecule is CC1CN(c2ncc(CO)cc2Cl)CCN1c1nc2c(Br)cc(C(F)(F)F)cc2[nH]1. The highest BCUT2D eigenvalue weighted by Crippen LogP contribution is 2.36. The molecule has 1 aromatic carbocycles. The van der Waals surface area contributed by atoms with Crippen LogP contribution in [0.25, 0.3) is 11.0 Å². The monoisotopic (exact) mass is 503 g/mol. The molecule has 0 aliphatic carbocycles. The number of halogens is 5. The molecule has 160 valence electrons. The van der Waals surface area contributed by atoms with Gasteiger partial charge in [-0.1, -0.05) is 11.6 Å². The maximum atomic E-state index is 13.1. The van der Waals surface area contributed by atoms with Crippen molar-refractivity contribution < 1.29 is 18.3 Å². The Morgan fingerprint density at radius 2 is 2.07 bits per heavy atom. The number of rotatable bonds is 3. The topological polar surface area (TPSA) is 68.3 Å². The Balaban J connectivity index is 1.58. The van der Waals surface area contributed by atoms with Crippen molar-refractivity contribution >= 4 is 50.3 Å². The number of H-pyrrole nitrogens is 1. The zero-order valence-corrected chi connectivity index (χ0v) is 18.2. The number of imidazole rings is 1. The lowest BCUT2D eigenvalue weighted by Crippen LogP contribution is -2.52. The van der Waals surface area contributed by atoms with E-state index in [1.165, 1.54) is 0 Å². The number of anilines is 2. The standard InChI is InChI=1S/C19H18BrClF3N5O/c1-10-8-28(17-14(21)4-11(9-30)7-25-17)2-3-29(10)18-26-15-6-12(19(22,23)24)5-13(20)16(15)27-18/h4-7,10,30H,2-3,8-9H2,1H3,(H,26,27). The Morgan fingerprint density at radius 3 is 2.70 bits per heavy atom. The van der Waals surface area contributed by atoms with Crippen LogP contribution < -0.4 is 9.80 Å². The van der Waals surface area contributed by atoms with E-state index in [0.29, 0.717) is 57.5 Å². The molecule has 1 aliphatic rings. The van der Waals surface area contributed by atoms with Gasteiger partial charge in [0.2, 0.25) is 5.95 Å². The summed E-state index contributed by atoms with van der Waals surface area (Å²) in [6.07, 6.45) is -2.84. The molecule has 3 heterocycles. The van der Waals surface area contributed by atoms with E-state index in [1.807, 2.05) is 16.7 Å². The second-order valence-electron chi connectivity index (χ2n) is 7.21. The number of nitrogens with one attached hydrogen (secondary N) is 1. The van der Waals surface area contributed by atoms with E-state index in [4.69, 9.17) is 11.6 Å². The number of benzene rings is 1.